The molecule has 1 aliphatic rings. The average molecular weight is 217 g/mol. The van der Waals surface area contributed by atoms with Crippen molar-refractivity contribution in [3.8, 4) is 0 Å². The van der Waals surface area contributed by atoms with Gasteiger partial charge in [0.1, 0.15) is 6.04 Å². The molecular formula is C10H19NO4. The molecule has 1 atom stereocenters. The van der Waals surface area contributed by atoms with E-state index in [-0.39, 0.29) is 25.1 Å². The topological polar surface area (TPSA) is 78.8 Å². The average Bonchev–Trinajstić information content (AvgIpc) is 3.08. The van der Waals surface area contributed by atoms with Crippen LogP contribution in [0.2, 0.25) is 0 Å². The molecule has 0 spiro atoms. The number of hydrogen-bond donors (Lipinski definition) is 3. The number of carbonyl (C=O) groups is 1. The lowest BCUT2D eigenvalue weighted by Crippen LogP contribution is -2.56. The van der Waals surface area contributed by atoms with Crippen molar-refractivity contribution in [3.63, 3.8) is 0 Å². The molecule has 15 heavy (non-hydrogen) atoms. The van der Waals surface area contributed by atoms with Crippen molar-refractivity contribution in [3.05, 3.63) is 0 Å². The fraction of sp³-hybridized carbons (Fsp3) is 0.900. The van der Waals surface area contributed by atoms with Gasteiger partial charge in [-0.25, -0.2) is 0 Å². The summed E-state index contributed by atoms with van der Waals surface area (Å²) >= 11 is 0. The van der Waals surface area contributed by atoms with Crippen LogP contribution in [0.25, 0.3) is 0 Å². The Kier molecular flexibility index (Phi) is 4.07. The van der Waals surface area contributed by atoms with E-state index in [4.69, 9.17) is 10.2 Å². The monoisotopic (exact) mass is 217 g/mol. The van der Waals surface area contributed by atoms with E-state index in [9.17, 15) is 4.79 Å². The van der Waals surface area contributed by atoms with Gasteiger partial charge in [-0.2, -0.15) is 0 Å². The molecule has 5 nitrogen and oxygen atoms in total. The van der Waals surface area contributed by atoms with E-state index in [1.165, 1.54) is 7.11 Å². The summed E-state index contributed by atoms with van der Waals surface area (Å²) in [5.74, 6) is -0.0551. The summed E-state index contributed by atoms with van der Waals surface area (Å²) in [5.41, 5.74) is -0.832. The Morgan fingerprint density at radius 3 is 2.40 bits per heavy atom. The molecule has 1 unspecified atom stereocenters. The lowest BCUT2D eigenvalue weighted by Gasteiger charge is -2.30. The minimum absolute atomic E-state index is 0.219. The molecule has 0 aromatic carbocycles. The molecule has 3 N–H and O–H groups in total. The van der Waals surface area contributed by atoms with E-state index in [2.05, 4.69) is 10.1 Å². The first-order valence-electron chi connectivity index (χ1n) is 5.13. The van der Waals surface area contributed by atoms with Gasteiger partial charge < -0.3 is 14.9 Å². The Morgan fingerprint density at radius 1 is 1.53 bits per heavy atom. The lowest BCUT2D eigenvalue weighted by atomic mass is 10.0. The first kappa shape index (κ1) is 12.4. The molecule has 0 aromatic heterocycles. The fourth-order valence-electron chi connectivity index (χ4n) is 1.44. The number of aliphatic hydroxyl groups is 2. The van der Waals surface area contributed by atoms with Gasteiger partial charge in [0.25, 0.3) is 0 Å². The quantitative estimate of drug-likeness (QED) is 0.511. The van der Waals surface area contributed by atoms with Crippen molar-refractivity contribution in [1.29, 1.82) is 0 Å². The number of rotatable bonds is 6. The second-order valence-corrected chi connectivity index (χ2v) is 4.36. The normalized spacial score (nSPS) is 18.7. The largest absolute Gasteiger partial charge is 0.468 e. The molecular weight excluding hydrogens is 198 g/mol. The van der Waals surface area contributed by atoms with Crippen molar-refractivity contribution >= 4 is 5.97 Å². The van der Waals surface area contributed by atoms with Crippen molar-refractivity contribution in [2.24, 2.45) is 5.92 Å². The van der Waals surface area contributed by atoms with Crippen LogP contribution >= 0.6 is 0 Å². The summed E-state index contributed by atoms with van der Waals surface area (Å²) in [4.78, 5) is 11.5. The zero-order valence-corrected chi connectivity index (χ0v) is 9.19. The number of esters is 1. The van der Waals surface area contributed by atoms with Crippen LogP contribution in [0.4, 0.5) is 0 Å². The van der Waals surface area contributed by atoms with Crippen molar-refractivity contribution in [1.82, 2.24) is 5.32 Å². The fourth-order valence-corrected chi connectivity index (χ4v) is 1.44. The van der Waals surface area contributed by atoms with Gasteiger partial charge in [0.05, 0.1) is 25.9 Å². The van der Waals surface area contributed by atoms with Crippen LogP contribution in [-0.4, -0.2) is 48.1 Å². The summed E-state index contributed by atoms with van der Waals surface area (Å²) < 4.78 is 4.68. The highest BCUT2D eigenvalue weighted by Gasteiger charge is 2.40. The SMILES string of the molecule is COC(=O)C(NC(C)(CO)CO)C1CC1. The minimum Gasteiger partial charge on any atom is -0.468 e. The molecule has 1 aliphatic carbocycles. The molecule has 1 saturated carbocycles. The van der Waals surface area contributed by atoms with Crippen LogP contribution < -0.4 is 5.32 Å². The van der Waals surface area contributed by atoms with E-state index in [1.54, 1.807) is 6.92 Å². The van der Waals surface area contributed by atoms with Gasteiger partial charge in [-0.1, -0.05) is 0 Å². The van der Waals surface area contributed by atoms with Crippen LogP contribution in [0, 0.1) is 5.92 Å². The lowest BCUT2D eigenvalue weighted by molar-refractivity contribution is -0.144. The number of ether oxygens (including phenoxy) is 1. The highest BCUT2D eigenvalue weighted by atomic mass is 16.5. The van der Waals surface area contributed by atoms with E-state index < -0.39 is 11.6 Å². The minimum atomic E-state index is -0.832. The van der Waals surface area contributed by atoms with Crippen LogP contribution in [0.5, 0.6) is 0 Å². The Morgan fingerprint density at radius 2 is 2.07 bits per heavy atom. The van der Waals surface area contributed by atoms with E-state index in [1.807, 2.05) is 0 Å². The van der Waals surface area contributed by atoms with Gasteiger partial charge in [0, 0.05) is 0 Å². The van der Waals surface area contributed by atoms with Gasteiger partial charge in [-0.05, 0) is 25.7 Å². The maximum absolute atomic E-state index is 11.5. The Hall–Kier alpha value is -0.650. The first-order chi connectivity index (χ1) is 7.06. The second-order valence-electron chi connectivity index (χ2n) is 4.36. The van der Waals surface area contributed by atoms with Gasteiger partial charge in [0.15, 0.2) is 0 Å². The molecule has 0 bridgehead atoms. The third-order valence-corrected chi connectivity index (χ3v) is 2.75. The number of hydrogen-bond acceptors (Lipinski definition) is 5. The Labute approximate surface area is 89.4 Å². The summed E-state index contributed by atoms with van der Waals surface area (Å²) in [5, 5.41) is 21.2. The summed E-state index contributed by atoms with van der Waals surface area (Å²) in [7, 11) is 1.34. The van der Waals surface area contributed by atoms with Crippen molar-refractivity contribution in [2.45, 2.75) is 31.3 Å². The van der Waals surface area contributed by atoms with Crippen LogP contribution in [0.15, 0.2) is 0 Å². The van der Waals surface area contributed by atoms with Crippen LogP contribution in [0.3, 0.4) is 0 Å². The molecule has 0 aromatic rings. The third-order valence-electron chi connectivity index (χ3n) is 2.75. The highest BCUT2D eigenvalue weighted by molar-refractivity contribution is 5.76. The predicted molar refractivity (Wildman–Crippen MR) is 54.2 cm³/mol. The number of nitrogens with one attached hydrogen (secondary N) is 1. The van der Waals surface area contributed by atoms with Gasteiger partial charge in [-0.15, -0.1) is 0 Å². The summed E-state index contributed by atoms with van der Waals surface area (Å²) in [6.45, 7) is 1.23. The van der Waals surface area contributed by atoms with E-state index in [0.29, 0.717) is 0 Å². The molecule has 0 amide bonds. The number of carbonyl (C=O) groups excluding carboxylic acids is 1. The molecule has 5 heteroatoms. The number of methoxy groups -OCH3 is 1. The Balaban J connectivity index is 2.61. The standard InChI is InChI=1S/C10H19NO4/c1-10(5-12,6-13)11-8(7-3-4-7)9(14)15-2/h7-8,11-13H,3-6H2,1-2H3. The molecule has 0 radical (unpaired) electrons. The summed E-state index contributed by atoms with van der Waals surface area (Å²) in [6.07, 6.45) is 1.97. The first-order valence-corrected chi connectivity index (χ1v) is 5.13. The molecule has 0 saturated heterocycles. The highest BCUT2D eigenvalue weighted by Crippen LogP contribution is 2.34. The molecule has 1 fully saturated rings. The van der Waals surface area contributed by atoms with E-state index >= 15 is 0 Å². The summed E-state index contributed by atoms with van der Waals surface area (Å²) in [6, 6.07) is -0.417. The molecule has 1 rings (SSSR count). The van der Waals surface area contributed by atoms with Crippen LogP contribution in [-0.2, 0) is 9.53 Å². The van der Waals surface area contributed by atoms with Crippen molar-refractivity contribution < 1.29 is 19.7 Å². The Bertz CT molecular complexity index is 223. The smallest absolute Gasteiger partial charge is 0.323 e. The van der Waals surface area contributed by atoms with Crippen molar-refractivity contribution in [2.75, 3.05) is 20.3 Å². The molecule has 88 valence electrons. The van der Waals surface area contributed by atoms with E-state index in [0.717, 1.165) is 12.8 Å². The zero-order valence-electron chi connectivity index (χ0n) is 9.19. The second kappa shape index (κ2) is 4.92. The zero-order chi connectivity index (χ0) is 11.5. The van der Waals surface area contributed by atoms with Gasteiger partial charge in [0.2, 0.25) is 0 Å². The molecule has 0 aliphatic heterocycles. The third kappa shape index (κ3) is 3.15. The number of aliphatic hydroxyl groups excluding tert-OH is 2. The molecule has 0 heterocycles. The maximum atomic E-state index is 11.5. The van der Waals surface area contributed by atoms with Gasteiger partial charge >= 0.3 is 5.97 Å². The van der Waals surface area contributed by atoms with Crippen LogP contribution in [0.1, 0.15) is 19.8 Å². The van der Waals surface area contributed by atoms with Gasteiger partial charge in [-0.3, -0.25) is 10.1 Å². The predicted octanol–water partition coefficient (Wildman–Crippen LogP) is -0.729. The maximum Gasteiger partial charge on any atom is 0.323 e.